The van der Waals surface area contributed by atoms with Crippen LogP contribution in [0.25, 0.3) is 0 Å². The van der Waals surface area contributed by atoms with Crippen LogP contribution in [0.2, 0.25) is 0 Å². The molecule has 2 atom stereocenters. The number of carbonyl (C=O) groups excluding carboxylic acids is 1. The van der Waals surface area contributed by atoms with Crippen molar-refractivity contribution < 1.29 is 26.0 Å². The molecule has 1 amide bonds. The van der Waals surface area contributed by atoms with E-state index in [9.17, 15) is 17.1 Å². The number of aromatic nitrogens is 1. The lowest BCUT2D eigenvalue weighted by atomic mass is 10.0. The number of rotatable bonds is 4. The number of halogens is 1. The van der Waals surface area contributed by atoms with Gasteiger partial charge in [0.2, 0.25) is 0 Å². The van der Waals surface area contributed by atoms with Gasteiger partial charge in [-0.25, -0.2) is 0 Å². The first kappa shape index (κ1) is 16.6. The third kappa shape index (κ3) is 4.14. The highest BCUT2D eigenvalue weighted by atomic mass is 32.3. The van der Waals surface area contributed by atoms with Gasteiger partial charge in [0.15, 0.2) is 5.75 Å². The SMILES string of the molecule is COC1CCC(C)N(C(=O)c2cncc(OS(=O)(=O)F)c2)C1. The summed E-state index contributed by atoms with van der Waals surface area (Å²) in [5.74, 6) is -0.676. The van der Waals surface area contributed by atoms with E-state index in [2.05, 4.69) is 9.17 Å². The number of likely N-dealkylation sites (tertiary alicyclic amines) is 1. The monoisotopic (exact) mass is 332 g/mol. The molecular formula is C13H17FN2O5S. The summed E-state index contributed by atoms with van der Waals surface area (Å²) in [6.45, 7) is 2.35. The van der Waals surface area contributed by atoms with Crippen molar-refractivity contribution >= 4 is 16.4 Å². The number of hydrogen-bond acceptors (Lipinski definition) is 6. The third-order valence-corrected chi connectivity index (χ3v) is 3.98. The Labute approximate surface area is 128 Å². The van der Waals surface area contributed by atoms with Crippen molar-refractivity contribution in [3.05, 3.63) is 24.0 Å². The third-order valence-electron chi connectivity index (χ3n) is 3.59. The van der Waals surface area contributed by atoms with Crippen LogP contribution in [0, 0.1) is 0 Å². The molecule has 1 saturated heterocycles. The zero-order valence-corrected chi connectivity index (χ0v) is 13.0. The Morgan fingerprint density at radius 2 is 2.14 bits per heavy atom. The van der Waals surface area contributed by atoms with Gasteiger partial charge in [0.25, 0.3) is 5.91 Å². The molecule has 0 N–H and O–H groups in total. The highest BCUT2D eigenvalue weighted by Gasteiger charge is 2.30. The largest absolute Gasteiger partial charge is 0.488 e. The van der Waals surface area contributed by atoms with Gasteiger partial charge in [-0.1, -0.05) is 3.89 Å². The van der Waals surface area contributed by atoms with Gasteiger partial charge in [0, 0.05) is 25.9 Å². The average molecular weight is 332 g/mol. The minimum absolute atomic E-state index is 0.0217. The van der Waals surface area contributed by atoms with E-state index in [0.717, 1.165) is 25.1 Å². The van der Waals surface area contributed by atoms with Crippen molar-refractivity contribution in [3.63, 3.8) is 0 Å². The molecule has 7 nitrogen and oxygen atoms in total. The summed E-state index contributed by atoms with van der Waals surface area (Å²) in [6.07, 6.45) is 3.92. The Bertz CT molecular complexity index is 652. The van der Waals surface area contributed by atoms with E-state index in [-0.39, 0.29) is 29.4 Å². The van der Waals surface area contributed by atoms with Gasteiger partial charge in [-0.05, 0) is 25.8 Å². The van der Waals surface area contributed by atoms with Crippen LogP contribution < -0.4 is 4.18 Å². The molecule has 0 aromatic carbocycles. The van der Waals surface area contributed by atoms with Gasteiger partial charge < -0.3 is 13.8 Å². The number of ether oxygens (including phenoxy) is 1. The predicted octanol–water partition coefficient (Wildman–Crippen LogP) is 1.31. The maximum atomic E-state index is 12.5. The number of amides is 1. The Morgan fingerprint density at radius 1 is 1.41 bits per heavy atom. The van der Waals surface area contributed by atoms with Crippen molar-refractivity contribution in [1.29, 1.82) is 0 Å². The van der Waals surface area contributed by atoms with Crippen LogP contribution in [0.15, 0.2) is 18.5 Å². The first-order valence-corrected chi connectivity index (χ1v) is 8.04. The van der Waals surface area contributed by atoms with E-state index in [4.69, 9.17) is 4.74 Å². The molecule has 2 rings (SSSR count). The van der Waals surface area contributed by atoms with Crippen molar-refractivity contribution in [2.45, 2.75) is 31.9 Å². The summed E-state index contributed by atoms with van der Waals surface area (Å²) < 4.78 is 42.9. The van der Waals surface area contributed by atoms with Crippen molar-refractivity contribution in [2.24, 2.45) is 0 Å². The molecule has 0 saturated carbocycles. The van der Waals surface area contributed by atoms with Crippen LogP contribution in [0.1, 0.15) is 30.1 Å². The standard InChI is InChI=1S/C13H17FN2O5S/c1-9-3-4-11(20-2)8-16(9)13(17)10-5-12(7-15-6-10)21-22(14,18)19/h5-7,9,11H,3-4,8H2,1-2H3. The molecule has 9 heteroatoms. The molecule has 22 heavy (non-hydrogen) atoms. The molecule has 1 fully saturated rings. The molecule has 1 aromatic heterocycles. The second-order valence-corrected chi connectivity index (χ2v) is 6.08. The van der Waals surface area contributed by atoms with Gasteiger partial charge in [-0.3, -0.25) is 9.78 Å². The number of carbonyl (C=O) groups is 1. The molecule has 0 spiro atoms. The highest BCUT2D eigenvalue weighted by molar-refractivity contribution is 7.81. The predicted molar refractivity (Wildman–Crippen MR) is 75.4 cm³/mol. The molecule has 2 unspecified atom stereocenters. The highest BCUT2D eigenvalue weighted by Crippen LogP contribution is 2.22. The molecule has 2 heterocycles. The average Bonchev–Trinajstić information content (AvgIpc) is 2.45. The quantitative estimate of drug-likeness (QED) is 0.773. The van der Waals surface area contributed by atoms with E-state index >= 15 is 0 Å². The van der Waals surface area contributed by atoms with Crippen LogP contribution in [0.3, 0.4) is 0 Å². The fourth-order valence-corrected chi connectivity index (χ4v) is 2.73. The van der Waals surface area contributed by atoms with Gasteiger partial charge in [0.1, 0.15) is 0 Å². The van der Waals surface area contributed by atoms with E-state index in [1.807, 2.05) is 6.92 Å². The number of methoxy groups -OCH3 is 1. The van der Waals surface area contributed by atoms with E-state index in [1.54, 1.807) is 12.0 Å². The summed E-state index contributed by atoms with van der Waals surface area (Å²) in [5, 5.41) is 0. The number of pyridine rings is 1. The second kappa shape index (κ2) is 6.57. The Balaban J connectivity index is 2.19. The van der Waals surface area contributed by atoms with Gasteiger partial charge in [-0.15, -0.1) is 0 Å². The van der Waals surface area contributed by atoms with Crippen LogP contribution in [0.5, 0.6) is 5.75 Å². The van der Waals surface area contributed by atoms with Crippen LogP contribution in [0.4, 0.5) is 3.89 Å². The van der Waals surface area contributed by atoms with E-state index < -0.39 is 10.5 Å². The Hall–Kier alpha value is -1.74. The lowest BCUT2D eigenvalue weighted by Crippen LogP contribution is -2.48. The minimum atomic E-state index is -5.15. The first-order chi connectivity index (χ1) is 10.3. The fraction of sp³-hybridized carbons (Fsp3) is 0.538. The molecular weight excluding hydrogens is 315 g/mol. The van der Waals surface area contributed by atoms with Crippen LogP contribution >= 0.6 is 0 Å². The molecule has 1 aliphatic rings. The van der Waals surface area contributed by atoms with Crippen LogP contribution in [-0.4, -0.2) is 50.0 Å². The fourth-order valence-electron chi connectivity index (χ4n) is 2.41. The van der Waals surface area contributed by atoms with Crippen molar-refractivity contribution in [2.75, 3.05) is 13.7 Å². The Morgan fingerprint density at radius 3 is 2.77 bits per heavy atom. The van der Waals surface area contributed by atoms with E-state index in [1.165, 1.54) is 6.20 Å². The normalized spacial score (nSPS) is 22.4. The lowest BCUT2D eigenvalue weighted by Gasteiger charge is -2.37. The van der Waals surface area contributed by atoms with Gasteiger partial charge >= 0.3 is 10.5 Å². The molecule has 122 valence electrons. The zero-order valence-electron chi connectivity index (χ0n) is 12.2. The summed E-state index contributed by atoms with van der Waals surface area (Å²) in [7, 11) is -3.56. The zero-order chi connectivity index (χ0) is 16.3. The molecule has 0 aliphatic carbocycles. The molecule has 1 aromatic rings. The summed E-state index contributed by atoms with van der Waals surface area (Å²) in [5.41, 5.74) is 0.129. The molecule has 0 bridgehead atoms. The maximum Gasteiger partial charge on any atom is 0.488 e. The second-order valence-electron chi connectivity index (χ2n) is 5.13. The van der Waals surface area contributed by atoms with Gasteiger partial charge in [-0.2, -0.15) is 8.42 Å². The summed E-state index contributed by atoms with van der Waals surface area (Å²) in [6, 6.07) is 1.17. The lowest BCUT2D eigenvalue weighted by molar-refractivity contribution is 0.0108. The first-order valence-electron chi connectivity index (χ1n) is 6.73. The summed E-state index contributed by atoms with van der Waals surface area (Å²) in [4.78, 5) is 17.9. The van der Waals surface area contributed by atoms with Crippen molar-refractivity contribution in [3.8, 4) is 5.75 Å². The number of hydrogen-bond donors (Lipinski definition) is 0. The molecule has 0 radical (unpaired) electrons. The Kier molecular flexibility index (Phi) is 4.97. The van der Waals surface area contributed by atoms with Gasteiger partial charge in [0.05, 0.1) is 17.9 Å². The topological polar surface area (TPSA) is 85.8 Å². The van der Waals surface area contributed by atoms with Crippen molar-refractivity contribution in [1.82, 2.24) is 9.88 Å². The maximum absolute atomic E-state index is 12.5. The summed E-state index contributed by atoms with van der Waals surface area (Å²) >= 11 is 0. The number of nitrogens with zero attached hydrogens (tertiary/aromatic N) is 2. The van der Waals surface area contributed by atoms with E-state index in [0.29, 0.717) is 6.54 Å². The minimum Gasteiger partial charge on any atom is -0.380 e. The number of piperidine rings is 1. The molecule has 1 aliphatic heterocycles. The van der Waals surface area contributed by atoms with Crippen LogP contribution in [-0.2, 0) is 15.2 Å². The smallest absolute Gasteiger partial charge is 0.380 e.